The molecule has 0 aliphatic heterocycles. The second-order valence-electron chi connectivity index (χ2n) is 4.95. The Morgan fingerprint density at radius 1 is 1.42 bits per heavy atom. The molecule has 0 saturated heterocycles. The van der Waals surface area contributed by atoms with E-state index >= 15 is 0 Å². The van der Waals surface area contributed by atoms with Crippen molar-refractivity contribution in [2.24, 2.45) is 5.41 Å². The average molecular weight is 277 g/mol. The van der Waals surface area contributed by atoms with Crippen LogP contribution in [0.15, 0.2) is 24.3 Å². The van der Waals surface area contributed by atoms with Gasteiger partial charge in [-0.05, 0) is 25.0 Å². The predicted octanol–water partition coefficient (Wildman–Crippen LogP) is 2.19. The van der Waals surface area contributed by atoms with Crippen LogP contribution in [0, 0.1) is 5.41 Å². The lowest BCUT2D eigenvalue weighted by molar-refractivity contribution is 0.206. The molecule has 19 heavy (non-hydrogen) atoms. The third-order valence-corrected chi connectivity index (χ3v) is 4.38. The summed E-state index contributed by atoms with van der Waals surface area (Å²) in [5.74, 6) is 0. The molecule has 1 saturated carbocycles. The lowest BCUT2D eigenvalue weighted by Gasteiger charge is -2.12. The van der Waals surface area contributed by atoms with Crippen LogP contribution in [0.25, 0.3) is 10.2 Å². The van der Waals surface area contributed by atoms with Crippen molar-refractivity contribution in [1.82, 2.24) is 10.3 Å². The molecule has 1 heterocycles. The van der Waals surface area contributed by atoms with Gasteiger partial charge in [-0.15, -0.1) is 0 Å². The largest absolute Gasteiger partial charge is 0.396 e. The Kier molecular flexibility index (Phi) is 3.12. The van der Waals surface area contributed by atoms with Crippen LogP contribution < -0.4 is 10.6 Å². The molecule has 0 atom stereocenters. The van der Waals surface area contributed by atoms with Crippen molar-refractivity contribution in [2.75, 3.05) is 18.5 Å². The van der Waals surface area contributed by atoms with Gasteiger partial charge in [-0.1, -0.05) is 23.5 Å². The maximum absolute atomic E-state index is 11.7. The van der Waals surface area contributed by atoms with E-state index in [1.807, 2.05) is 24.3 Å². The first kappa shape index (κ1) is 12.4. The fraction of sp³-hybridized carbons (Fsp3) is 0.385. The number of urea groups is 1. The lowest BCUT2D eigenvalue weighted by atomic mass is 10.1. The van der Waals surface area contributed by atoms with Gasteiger partial charge in [0.1, 0.15) is 0 Å². The zero-order chi connectivity index (χ0) is 13.3. The highest BCUT2D eigenvalue weighted by Crippen LogP contribution is 2.44. The minimum Gasteiger partial charge on any atom is -0.396 e. The number of benzene rings is 1. The number of fused-ring (bicyclic) bond motifs is 1. The minimum atomic E-state index is -0.265. The number of carbonyl (C=O) groups excluding carboxylic acids is 1. The molecule has 6 heteroatoms. The molecule has 0 bridgehead atoms. The van der Waals surface area contributed by atoms with E-state index in [2.05, 4.69) is 15.6 Å². The van der Waals surface area contributed by atoms with E-state index in [1.165, 1.54) is 11.3 Å². The first-order valence-corrected chi connectivity index (χ1v) is 7.04. The molecule has 3 N–H and O–H groups in total. The van der Waals surface area contributed by atoms with Crippen molar-refractivity contribution in [2.45, 2.75) is 12.8 Å². The number of hydrogen-bond acceptors (Lipinski definition) is 4. The smallest absolute Gasteiger partial charge is 0.321 e. The number of nitrogens with one attached hydrogen (secondary N) is 2. The Balaban J connectivity index is 1.59. The van der Waals surface area contributed by atoms with Gasteiger partial charge in [0.15, 0.2) is 5.13 Å². The molecule has 1 aliphatic carbocycles. The second-order valence-corrected chi connectivity index (χ2v) is 5.98. The molecule has 1 aliphatic rings. The van der Waals surface area contributed by atoms with Crippen molar-refractivity contribution < 1.29 is 9.90 Å². The van der Waals surface area contributed by atoms with Gasteiger partial charge < -0.3 is 10.4 Å². The summed E-state index contributed by atoms with van der Waals surface area (Å²) in [5.41, 5.74) is 0.808. The molecule has 0 radical (unpaired) electrons. The number of hydrogen-bond donors (Lipinski definition) is 3. The first-order chi connectivity index (χ1) is 9.21. The molecule has 1 aromatic carbocycles. The normalized spacial score (nSPS) is 16.3. The number of para-hydroxylation sites is 1. The summed E-state index contributed by atoms with van der Waals surface area (Å²) < 4.78 is 1.05. The van der Waals surface area contributed by atoms with Crippen molar-refractivity contribution in [3.63, 3.8) is 0 Å². The van der Waals surface area contributed by atoms with Crippen molar-refractivity contribution in [1.29, 1.82) is 0 Å². The molecular formula is C13H15N3O2S. The fourth-order valence-electron chi connectivity index (χ4n) is 1.90. The molecule has 2 amide bonds. The Bertz CT molecular complexity index is 574. The van der Waals surface area contributed by atoms with Gasteiger partial charge in [-0.25, -0.2) is 9.78 Å². The Morgan fingerprint density at radius 2 is 2.21 bits per heavy atom. The molecule has 1 fully saturated rings. The highest BCUT2D eigenvalue weighted by Gasteiger charge is 2.42. The van der Waals surface area contributed by atoms with E-state index in [9.17, 15) is 9.90 Å². The fourth-order valence-corrected chi connectivity index (χ4v) is 2.76. The lowest BCUT2D eigenvalue weighted by Crippen LogP contribution is -2.35. The number of carbonyl (C=O) groups is 1. The van der Waals surface area contributed by atoms with Gasteiger partial charge in [0.05, 0.1) is 16.8 Å². The molecule has 1 aromatic heterocycles. The van der Waals surface area contributed by atoms with Crippen LogP contribution in [-0.2, 0) is 0 Å². The van der Waals surface area contributed by atoms with Gasteiger partial charge >= 0.3 is 6.03 Å². The second kappa shape index (κ2) is 4.79. The van der Waals surface area contributed by atoms with Crippen molar-refractivity contribution in [3.8, 4) is 0 Å². The zero-order valence-electron chi connectivity index (χ0n) is 10.3. The topological polar surface area (TPSA) is 74.2 Å². The Hall–Kier alpha value is -1.66. The van der Waals surface area contributed by atoms with Crippen molar-refractivity contribution >= 4 is 32.7 Å². The van der Waals surface area contributed by atoms with Crippen LogP contribution >= 0.6 is 11.3 Å². The monoisotopic (exact) mass is 277 g/mol. The number of thiazole rings is 1. The van der Waals surface area contributed by atoms with Crippen LogP contribution in [-0.4, -0.2) is 29.3 Å². The summed E-state index contributed by atoms with van der Waals surface area (Å²) in [5, 5.41) is 15.3. The number of anilines is 1. The Morgan fingerprint density at radius 3 is 2.89 bits per heavy atom. The van der Waals surface area contributed by atoms with Gasteiger partial charge in [-0.2, -0.15) is 0 Å². The molecule has 2 aromatic rings. The van der Waals surface area contributed by atoms with Gasteiger partial charge in [0.25, 0.3) is 0 Å². The summed E-state index contributed by atoms with van der Waals surface area (Å²) in [6.07, 6.45) is 1.95. The molecule has 3 rings (SSSR count). The SMILES string of the molecule is O=C(NCC1(CO)CC1)Nc1nc2ccccc2s1. The highest BCUT2D eigenvalue weighted by atomic mass is 32.1. The number of amides is 2. The quantitative estimate of drug-likeness (QED) is 0.802. The van der Waals surface area contributed by atoms with Crippen LogP contribution in [0.4, 0.5) is 9.93 Å². The molecule has 0 unspecified atom stereocenters. The van der Waals surface area contributed by atoms with Crippen LogP contribution in [0.1, 0.15) is 12.8 Å². The summed E-state index contributed by atoms with van der Waals surface area (Å²) in [6.45, 7) is 0.647. The highest BCUT2D eigenvalue weighted by molar-refractivity contribution is 7.22. The standard InChI is InChI=1S/C13H15N3O2S/c17-8-13(5-6-13)7-14-11(18)16-12-15-9-3-1-2-4-10(9)19-12/h1-4,17H,5-8H2,(H2,14,15,16,18). The number of rotatable bonds is 4. The van der Waals surface area contributed by atoms with Crippen LogP contribution in [0.2, 0.25) is 0 Å². The summed E-state index contributed by atoms with van der Waals surface area (Å²) >= 11 is 1.45. The number of aliphatic hydroxyl groups is 1. The molecular weight excluding hydrogens is 262 g/mol. The van der Waals surface area contributed by atoms with Gasteiger partial charge in [0.2, 0.25) is 0 Å². The van der Waals surface area contributed by atoms with E-state index in [1.54, 1.807) is 0 Å². The average Bonchev–Trinajstić information content (AvgIpc) is 3.09. The maximum atomic E-state index is 11.7. The first-order valence-electron chi connectivity index (χ1n) is 6.22. The summed E-state index contributed by atoms with van der Waals surface area (Å²) in [4.78, 5) is 16.1. The summed E-state index contributed by atoms with van der Waals surface area (Å²) in [7, 11) is 0. The minimum absolute atomic E-state index is 0.0784. The molecule has 0 spiro atoms. The molecule has 100 valence electrons. The summed E-state index contributed by atoms with van der Waals surface area (Å²) in [6, 6.07) is 7.49. The van der Waals surface area contributed by atoms with E-state index in [-0.39, 0.29) is 18.1 Å². The number of aliphatic hydroxyl groups excluding tert-OH is 1. The maximum Gasteiger partial charge on any atom is 0.321 e. The van der Waals surface area contributed by atoms with E-state index in [0.717, 1.165) is 23.1 Å². The van der Waals surface area contributed by atoms with Crippen molar-refractivity contribution in [3.05, 3.63) is 24.3 Å². The Labute approximate surface area is 114 Å². The van der Waals surface area contributed by atoms with E-state index in [0.29, 0.717) is 11.7 Å². The zero-order valence-corrected chi connectivity index (χ0v) is 11.2. The van der Waals surface area contributed by atoms with E-state index < -0.39 is 0 Å². The third kappa shape index (κ3) is 2.69. The van der Waals surface area contributed by atoms with Gasteiger partial charge in [0, 0.05) is 12.0 Å². The number of nitrogens with zero attached hydrogens (tertiary/aromatic N) is 1. The third-order valence-electron chi connectivity index (χ3n) is 3.43. The number of aromatic nitrogens is 1. The van der Waals surface area contributed by atoms with Crippen LogP contribution in [0.3, 0.4) is 0 Å². The molecule has 5 nitrogen and oxygen atoms in total. The van der Waals surface area contributed by atoms with E-state index in [4.69, 9.17) is 0 Å². The predicted molar refractivity (Wildman–Crippen MR) is 75.4 cm³/mol. The van der Waals surface area contributed by atoms with Crippen LogP contribution in [0.5, 0.6) is 0 Å². The van der Waals surface area contributed by atoms with Gasteiger partial charge in [-0.3, -0.25) is 5.32 Å².